The zero-order valence-corrected chi connectivity index (χ0v) is 10.1. The van der Waals surface area contributed by atoms with Gasteiger partial charge in [0.1, 0.15) is 0 Å². The number of rotatable bonds is 5. The second-order valence-electron chi connectivity index (χ2n) is 3.72. The van der Waals surface area contributed by atoms with E-state index in [4.69, 9.17) is 5.73 Å². The Bertz CT molecular complexity index is 389. The van der Waals surface area contributed by atoms with Gasteiger partial charge in [0, 0.05) is 12.1 Å². The van der Waals surface area contributed by atoms with Crippen LogP contribution < -0.4 is 5.73 Å². The van der Waals surface area contributed by atoms with Gasteiger partial charge in [-0.2, -0.15) is 13.2 Å². The third-order valence-electron chi connectivity index (χ3n) is 2.28. The predicted octanol–water partition coefficient (Wildman–Crippen LogP) is 2.72. The van der Waals surface area contributed by atoms with Crippen LogP contribution in [0.4, 0.5) is 13.2 Å². The highest BCUT2D eigenvalue weighted by molar-refractivity contribution is 7.13. The van der Waals surface area contributed by atoms with Gasteiger partial charge in [0.05, 0.1) is 4.88 Å². The molecular formula is C10H13F3N2OS. The van der Waals surface area contributed by atoms with Crippen LogP contribution in [-0.4, -0.2) is 17.3 Å². The summed E-state index contributed by atoms with van der Waals surface area (Å²) in [4.78, 5) is 15.0. The highest BCUT2D eigenvalue weighted by Gasteiger charge is 2.35. The average molecular weight is 266 g/mol. The first-order chi connectivity index (χ1) is 7.86. The molecule has 0 spiro atoms. The number of nitrogens with zero attached hydrogens (tertiary/aromatic N) is 1. The fourth-order valence-corrected chi connectivity index (χ4v) is 2.15. The van der Waals surface area contributed by atoms with Gasteiger partial charge in [0.2, 0.25) is 0 Å². The number of aromatic nitrogens is 1. The van der Waals surface area contributed by atoms with Crippen molar-refractivity contribution in [1.29, 1.82) is 0 Å². The maximum atomic E-state index is 12.3. The summed E-state index contributed by atoms with van der Waals surface area (Å²) < 4.78 is 36.9. The third-order valence-corrected chi connectivity index (χ3v) is 3.34. The molecule has 0 radical (unpaired) electrons. The van der Waals surface area contributed by atoms with Crippen LogP contribution in [0, 0.1) is 5.92 Å². The van der Waals surface area contributed by atoms with Crippen molar-refractivity contribution in [2.24, 2.45) is 11.7 Å². The summed E-state index contributed by atoms with van der Waals surface area (Å²) in [5.74, 6) is -0.619. The van der Waals surface area contributed by atoms with E-state index < -0.39 is 11.2 Å². The average Bonchev–Trinajstić information content (AvgIpc) is 2.73. The van der Waals surface area contributed by atoms with Crippen molar-refractivity contribution in [3.63, 3.8) is 0 Å². The number of carbonyl (C=O) groups excluding carboxylic acids is 1. The molecule has 0 saturated carbocycles. The van der Waals surface area contributed by atoms with Crippen LogP contribution in [0.5, 0.6) is 0 Å². The van der Waals surface area contributed by atoms with E-state index in [0.717, 1.165) is 6.20 Å². The first-order valence-electron chi connectivity index (χ1n) is 5.13. The van der Waals surface area contributed by atoms with E-state index in [0.29, 0.717) is 30.7 Å². The van der Waals surface area contributed by atoms with Crippen LogP contribution in [0.25, 0.3) is 0 Å². The summed E-state index contributed by atoms with van der Waals surface area (Å²) in [5, 5.41) is -0.980. The molecule has 0 aromatic carbocycles. The number of halogens is 3. The van der Waals surface area contributed by atoms with Crippen molar-refractivity contribution in [3.8, 4) is 0 Å². The van der Waals surface area contributed by atoms with E-state index in [1.807, 2.05) is 0 Å². The lowest BCUT2D eigenvalue weighted by atomic mass is 10.00. The summed E-state index contributed by atoms with van der Waals surface area (Å²) in [6.45, 7) is 2.15. The Morgan fingerprint density at radius 3 is 2.71 bits per heavy atom. The first-order valence-corrected chi connectivity index (χ1v) is 5.95. The zero-order valence-electron chi connectivity index (χ0n) is 9.25. The number of ketones is 1. The van der Waals surface area contributed by atoms with Gasteiger partial charge in [0.25, 0.3) is 0 Å². The number of thiazole rings is 1. The molecule has 3 nitrogen and oxygen atoms in total. The molecule has 96 valence electrons. The second kappa shape index (κ2) is 5.59. The molecule has 0 aliphatic heterocycles. The number of nitrogens with two attached hydrogens (primary N) is 1. The van der Waals surface area contributed by atoms with Crippen LogP contribution in [-0.2, 0) is 6.18 Å². The van der Waals surface area contributed by atoms with Crippen LogP contribution >= 0.6 is 11.3 Å². The highest BCUT2D eigenvalue weighted by Crippen LogP contribution is 2.33. The Kier molecular flexibility index (Phi) is 4.64. The number of hydrogen-bond donors (Lipinski definition) is 1. The van der Waals surface area contributed by atoms with Gasteiger partial charge < -0.3 is 5.73 Å². The summed E-state index contributed by atoms with van der Waals surface area (Å²) in [6.07, 6.45) is -2.23. The normalized spacial score (nSPS) is 13.7. The summed E-state index contributed by atoms with van der Waals surface area (Å²) in [6, 6.07) is 0. The number of Topliss-reactive ketones (excluding diaryl/α,β-unsaturated/α-hetero) is 1. The van der Waals surface area contributed by atoms with E-state index in [2.05, 4.69) is 4.98 Å². The lowest BCUT2D eigenvalue weighted by molar-refractivity contribution is -0.137. The van der Waals surface area contributed by atoms with Crippen molar-refractivity contribution in [1.82, 2.24) is 4.98 Å². The standard InChI is InChI=1S/C10H13F3N2OS/c1-6(3-2-4-14)8(16)7-5-15-9(17-7)10(11,12)13/h5-6H,2-4,14H2,1H3. The monoisotopic (exact) mass is 266 g/mol. The fourth-order valence-electron chi connectivity index (χ4n) is 1.32. The van der Waals surface area contributed by atoms with Crippen LogP contribution in [0.2, 0.25) is 0 Å². The fraction of sp³-hybridized carbons (Fsp3) is 0.600. The molecule has 1 rings (SSSR count). The van der Waals surface area contributed by atoms with Gasteiger partial charge >= 0.3 is 6.18 Å². The molecule has 1 unspecified atom stereocenters. The SMILES string of the molecule is CC(CCCN)C(=O)c1cnc(C(F)(F)F)s1. The molecule has 1 heterocycles. The minimum Gasteiger partial charge on any atom is -0.330 e. The Balaban J connectivity index is 2.73. The quantitative estimate of drug-likeness (QED) is 0.834. The van der Waals surface area contributed by atoms with Crippen molar-refractivity contribution >= 4 is 17.1 Å². The van der Waals surface area contributed by atoms with Gasteiger partial charge in [-0.1, -0.05) is 6.92 Å². The largest absolute Gasteiger partial charge is 0.443 e. The third kappa shape index (κ3) is 3.78. The van der Waals surface area contributed by atoms with E-state index in [1.54, 1.807) is 6.92 Å². The summed E-state index contributed by atoms with van der Waals surface area (Å²) in [7, 11) is 0. The van der Waals surface area contributed by atoms with E-state index in [9.17, 15) is 18.0 Å². The van der Waals surface area contributed by atoms with Crippen LogP contribution in [0.1, 0.15) is 34.4 Å². The Morgan fingerprint density at radius 2 is 2.24 bits per heavy atom. The molecule has 0 saturated heterocycles. The number of alkyl halides is 3. The summed E-state index contributed by atoms with van der Waals surface area (Å²) >= 11 is 0.393. The molecule has 0 fully saturated rings. The molecule has 7 heteroatoms. The molecule has 2 N–H and O–H groups in total. The van der Waals surface area contributed by atoms with Gasteiger partial charge in [0.15, 0.2) is 10.8 Å². The molecule has 1 aromatic rings. The van der Waals surface area contributed by atoms with Crippen LogP contribution in [0.3, 0.4) is 0 Å². The van der Waals surface area contributed by atoms with Gasteiger partial charge in [-0.05, 0) is 19.4 Å². The number of hydrogen-bond acceptors (Lipinski definition) is 4. The summed E-state index contributed by atoms with van der Waals surface area (Å²) in [5.41, 5.74) is 5.31. The lowest BCUT2D eigenvalue weighted by Crippen LogP contribution is -2.12. The van der Waals surface area contributed by atoms with Crippen molar-refractivity contribution in [2.45, 2.75) is 25.9 Å². The van der Waals surface area contributed by atoms with Crippen molar-refractivity contribution < 1.29 is 18.0 Å². The molecule has 0 bridgehead atoms. The zero-order chi connectivity index (χ0) is 13.1. The maximum Gasteiger partial charge on any atom is 0.443 e. The lowest BCUT2D eigenvalue weighted by Gasteiger charge is -2.07. The van der Waals surface area contributed by atoms with Crippen LogP contribution in [0.15, 0.2) is 6.20 Å². The Labute approximate surface area is 101 Å². The van der Waals surface area contributed by atoms with Gasteiger partial charge in [-0.15, -0.1) is 11.3 Å². The minimum atomic E-state index is -4.48. The van der Waals surface area contributed by atoms with Gasteiger partial charge in [-0.25, -0.2) is 4.98 Å². The minimum absolute atomic E-state index is 0.0573. The molecule has 0 amide bonds. The molecule has 0 aliphatic carbocycles. The van der Waals surface area contributed by atoms with E-state index >= 15 is 0 Å². The van der Waals surface area contributed by atoms with Gasteiger partial charge in [-0.3, -0.25) is 4.79 Å². The van der Waals surface area contributed by atoms with Crippen molar-refractivity contribution in [2.75, 3.05) is 6.54 Å². The highest BCUT2D eigenvalue weighted by atomic mass is 32.1. The topological polar surface area (TPSA) is 56.0 Å². The smallest absolute Gasteiger partial charge is 0.330 e. The number of carbonyl (C=O) groups is 1. The Hall–Kier alpha value is -0.950. The molecule has 0 aliphatic rings. The predicted molar refractivity (Wildman–Crippen MR) is 58.9 cm³/mol. The second-order valence-corrected chi connectivity index (χ2v) is 4.75. The Morgan fingerprint density at radius 1 is 1.59 bits per heavy atom. The van der Waals surface area contributed by atoms with Crippen molar-refractivity contribution in [3.05, 3.63) is 16.1 Å². The maximum absolute atomic E-state index is 12.3. The van der Waals surface area contributed by atoms with E-state index in [-0.39, 0.29) is 16.6 Å². The molecular weight excluding hydrogens is 253 g/mol. The first kappa shape index (κ1) is 14.1. The molecule has 1 aromatic heterocycles. The van der Waals surface area contributed by atoms with E-state index in [1.165, 1.54) is 0 Å². The molecule has 1 atom stereocenters. The molecule has 17 heavy (non-hydrogen) atoms.